The summed E-state index contributed by atoms with van der Waals surface area (Å²) >= 11 is 3.45. The van der Waals surface area contributed by atoms with Crippen molar-refractivity contribution >= 4 is 94.3 Å². The maximum absolute atomic E-state index is 4.90. The van der Waals surface area contributed by atoms with Crippen LogP contribution in [0.15, 0.2) is 285 Å². The number of thiazole rings is 2. The number of nitrogens with zero attached hydrogens (tertiary/aromatic N) is 5. The van der Waals surface area contributed by atoms with Crippen molar-refractivity contribution in [2.45, 2.75) is 0 Å². The van der Waals surface area contributed by atoms with E-state index in [0.717, 1.165) is 106 Å². The van der Waals surface area contributed by atoms with Crippen LogP contribution in [0.1, 0.15) is 0 Å². The van der Waals surface area contributed by atoms with Gasteiger partial charge < -0.3 is 14.7 Å². The third-order valence-electron chi connectivity index (χ3n) is 13.5. The van der Waals surface area contributed by atoms with Gasteiger partial charge in [-0.15, -0.1) is 22.7 Å². The zero-order chi connectivity index (χ0) is 49.9. The molecule has 0 spiro atoms. The first-order chi connectivity index (χ1) is 37.1. The van der Waals surface area contributed by atoms with E-state index in [1.165, 1.54) is 9.40 Å². The Bertz CT molecular complexity index is 3700. The van der Waals surface area contributed by atoms with E-state index in [9.17, 15) is 0 Å². The molecule has 0 amide bonds. The molecule has 0 N–H and O–H groups in total. The molecule has 0 unspecified atom stereocenters. The maximum atomic E-state index is 4.90. The minimum Gasteiger partial charge on any atom is -0.311 e. The summed E-state index contributed by atoms with van der Waals surface area (Å²) in [6.45, 7) is 0. The Labute approximate surface area is 444 Å². The van der Waals surface area contributed by atoms with Crippen molar-refractivity contribution in [2.75, 3.05) is 14.7 Å². The number of hydrogen-bond acceptors (Lipinski definition) is 7. The van der Waals surface area contributed by atoms with Crippen molar-refractivity contribution in [3.05, 3.63) is 285 Å². The van der Waals surface area contributed by atoms with E-state index in [4.69, 9.17) is 9.97 Å². The highest BCUT2D eigenvalue weighted by Gasteiger charge is 2.18. The second-order valence-electron chi connectivity index (χ2n) is 18.3. The Balaban J connectivity index is 0.741. The fourth-order valence-electron chi connectivity index (χ4n) is 9.78. The van der Waals surface area contributed by atoms with E-state index in [1.54, 1.807) is 22.7 Å². The Hall–Kier alpha value is -9.40. The van der Waals surface area contributed by atoms with Gasteiger partial charge in [0.05, 0.1) is 20.4 Å². The molecule has 0 bridgehead atoms. The number of aromatic nitrogens is 2. The zero-order valence-corrected chi connectivity index (χ0v) is 42.3. The Kier molecular flexibility index (Phi) is 12.3. The molecule has 75 heavy (non-hydrogen) atoms. The van der Waals surface area contributed by atoms with E-state index < -0.39 is 0 Å². The molecule has 2 aromatic heterocycles. The lowest BCUT2D eigenvalue weighted by molar-refractivity contribution is 1.28. The molecule has 356 valence electrons. The molecular weight excluding hydrogens is 951 g/mol. The topological polar surface area (TPSA) is 35.5 Å². The quantitative estimate of drug-likeness (QED) is 0.115. The summed E-state index contributed by atoms with van der Waals surface area (Å²) in [5, 5.41) is 2.05. The van der Waals surface area contributed by atoms with Gasteiger partial charge in [-0.05, 0) is 180 Å². The van der Waals surface area contributed by atoms with E-state index >= 15 is 0 Å². The van der Waals surface area contributed by atoms with E-state index in [-0.39, 0.29) is 0 Å². The predicted molar refractivity (Wildman–Crippen MR) is 319 cm³/mol. The zero-order valence-electron chi connectivity index (χ0n) is 40.7. The number of anilines is 9. The summed E-state index contributed by atoms with van der Waals surface area (Å²) in [6, 6.07) is 101. The largest absolute Gasteiger partial charge is 0.311 e. The standard InChI is InChI=1S/C68H47N5S2/c1-4-14-54(15-5-1)71(57-36-24-48(25-37-57)50-28-40-59(41-29-50)72(55-16-6-2-7-17-55)61-44-32-52(33-45-61)67-69-63-20-10-12-22-65(63)74-67)58-38-26-49(27-39-58)51-30-42-60(43-31-51)73(56-18-8-3-9-19-56)62-46-34-53(35-47-62)68-70-64-21-11-13-23-66(64)75-68/h1-47H. The van der Waals surface area contributed by atoms with Crippen LogP contribution in [0, 0.1) is 0 Å². The third kappa shape index (κ3) is 9.34. The van der Waals surface area contributed by atoms with Gasteiger partial charge in [0, 0.05) is 62.3 Å². The molecular formula is C68H47N5S2. The minimum atomic E-state index is 1.03. The molecule has 0 saturated carbocycles. The average Bonchev–Trinajstić information content (AvgIpc) is 4.13. The smallest absolute Gasteiger partial charge is 0.124 e. The van der Waals surface area contributed by atoms with Crippen LogP contribution in [-0.2, 0) is 0 Å². The second-order valence-corrected chi connectivity index (χ2v) is 20.3. The van der Waals surface area contributed by atoms with Crippen LogP contribution in [0.2, 0.25) is 0 Å². The molecule has 0 atom stereocenters. The van der Waals surface area contributed by atoms with Crippen molar-refractivity contribution in [1.29, 1.82) is 0 Å². The molecule has 5 nitrogen and oxygen atoms in total. The molecule has 0 aliphatic carbocycles. The van der Waals surface area contributed by atoms with Crippen molar-refractivity contribution in [2.24, 2.45) is 0 Å². The van der Waals surface area contributed by atoms with Crippen LogP contribution >= 0.6 is 22.7 Å². The van der Waals surface area contributed by atoms with Crippen LogP contribution < -0.4 is 14.7 Å². The molecule has 13 aromatic rings. The highest BCUT2D eigenvalue weighted by molar-refractivity contribution is 7.22. The van der Waals surface area contributed by atoms with Crippen LogP contribution in [-0.4, -0.2) is 9.97 Å². The summed E-state index contributed by atoms with van der Waals surface area (Å²) in [7, 11) is 0. The Morgan fingerprint density at radius 3 is 0.667 bits per heavy atom. The van der Waals surface area contributed by atoms with Crippen molar-refractivity contribution in [3.63, 3.8) is 0 Å². The fraction of sp³-hybridized carbons (Fsp3) is 0. The van der Waals surface area contributed by atoms with Gasteiger partial charge in [-0.2, -0.15) is 0 Å². The first kappa shape index (κ1) is 45.5. The van der Waals surface area contributed by atoms with Gasteiger partial charge in [0.1, 0.15) is 10.0 Å². The molecule has 0 saturated heterocycles. The fourth-order valence-corrected chi connectivity index (χ4v) is 11.7. The van der Waals surface area contributed by atoms with Gasteiger partial charge in [0.2, 0.25) is 0 Å². The van der Waals surface area contributed by atoms with Crippen LogP contribution in [0.5, 0.6) is 0 Å². The second kappa shape index (κ2) is 20.2. The molecule has 0 fully saturated rings. The number of hydrogen-bond donors (Lipinski definition) is 0. The van der Waals surface area contributed by atoms with E-state index in [1.807, 2.05) is 12.1 Å². The summed E-state index contributed by atoms with van der Waals surface area (Å²) in [5.74, 6) is 0. The lowest BCUT2D eigenvalue weighted by Gasteiger charge is -2.26. The number of fused-ring (bicyclic) bond motifs is 2. The summed E-state index contributed by atoms with van der Waals surface area (Å²) < 4.78 is 2.39. The minimum absolute atomic E-state index is 1.03. The van der Waals surface area contributed by atoms with Crippen LogP contribution in [0.3, 0.4) is 0 Å². The van der Waals surface area contributed by atoms with Crippen LogP contribution in [0.4, 0.5) is 51.2 Å². The normalized spacial score (nSPS) is 11.2. The molecule has 13 rings (SSSR count). The van der Waals surface area contributed by atoms with Crippen molar-refractivity contribution in [3.8, 4) is 43.4 Å². The van der Waals surface area contributed by atoms with E-state index in [0.29, 0.717) is 0 Å². The summed E-state index contributed by atoms with van der Waals surface area (Å²) in [6.07, 6.45) is 0. The Morgan fingerprint density at radius 2 is 0.413 bits per heavy atom. The van der Waals surface area contributed by atoms with Crippen molar-refractivity contribution < 1.29 is 0 Å². The number of rotatable bonds is 13. The molecule has 2 heterocycles. The molecule has 0 aliphatic heterocycles. The summed E-state index contributed by atoms with van der Waals surface area (Å²) in [4.78, 5) is 16.7. The monoisotopic (exact) mass is 997 g/mol. The number of para-hydroxylation sites is 5. The first-order valence-electron chi connectivity index (χ1n) is 25.0. The first-order valence-corrected chi connectivity index (χ1v) is 26.7. The van der Waals surface area contributed by atoms with Gasteiger partial charge in [0.25, 0.3) is 0 Å². The van der Waals surface area contributed by atoms with Gasteiger partial charge in [0.15, 0.2) is 0 Å². The maximum Gasteiger partial charge on any atom is 0.124 e. The molecule has 7 heteroatoms. The summed E-state index contributed by atoms with van der Waals surface area (Å²) in [5.41, 5.74) is 18.7. The van der Waals surface area contributed by atoms with Gasteiger partial charge in [-0.1, -0.05) is 127 Å². The highest BCUT2D eigenvalue weighted by atomic mass is 32.1. The third-order valence-corrected chi connectivity index (χ3v) is 15.7. The lowest BCUT2D eigenvalue weighted by atomic mass is 10.0. The predicted octanol–water partition coefficient (Wildman–Crippen LogP) is 20.0. The average molecular weight is 998 g/mol. The van der Waals surface area contributed by atoms with E-state index in [2.05, 4.69) is 288 Å². The molecule has 0 radical (unpaired) electrons. The van der Waals surface area contributed by atoms with Gasteiger partial charge in [-0.3, -0.25) is 0 Å². The lowest BCUT2D eigenvalue weighted by Crippen LogP contribution is -2.10. The van der Waals surface area contributed by atoms with Gasteiger partial charge in [-0.25, -0.2) is 9.97 Å². The van der Waals surface area contributed by atoms with Crippen LogP contribution in [0.25, 0.3) is 63.8 Å². The SMILES string of the molecule is c1ccc(N(c2ccc(-c3ccc(N(c4ccccc4)c4ccc(-c5nc6ccccc6s5)cc4)cc3)cc2)c2ccc(-c3ccc(N(c4ccccc4)c4ccc(-c5nc6ccccc6s5)cc4)cc3)cc2)cc1. The molecule has 11 aromatic carbocycles. The highest BCUT2D eigenvalue weighted by Crippen LogP contribution is 2.42. The van der Waals surface area contributed by atoms with Crippen molar-refractivity contribution in [1.82, 2.24) is 9.97 Å². The molecule has 0 aliphatic rings. The number of benzene rings is 11. The van der Waals surface area contributed by atoms with Gasteiger partial charge >= 0.3 is 0 Å². The Morgan fingerprint density at radius 1 is 0.200 bits per heavy atom.